The molecule has 2 N–H and O–H groups in total. The molecule has 28 heavy (non-hydrogen) atoms. The van der Waals surface area contributed by atoms with Gasteiger partial charge in [0.25, 0.3) is 5.91 Å². The van der Waals surface area contributed by atoms with Crippen molar-refractivity contribution >= 4 is 11.8 Å². The number of methoxy groups -OCH3 is 2. The van der Waals surface area contributed by atoms with Crippen LogP contribution in [0, 0.1) is 0 Å². The minimum atomic E-state index is -0.387. The van der Waals surface area contributed by atoms with Gasteiger partial charge in [0.2, 0.25) is 5.91 Å². The molecule has 3 rings (SSSR count). The lowest BCUT2D eigenvalue weighted by Crippen LogP contribution is -2.44. The van der Waals surface area contributed by atoms with E-state index in [-0.39, 0.29) is 31.0 Å². The van der Waals surface area contributed by atoms with E-state index in [1.807, 2.05) is 24.3 Å². The van der Waals surface area contributed by atoms with Crippen LogP contribution in [0.3, 0.4) is 0 Å². The van der Waals surface area contributed by atoms with Gasteiger partial charge < -0.3 is 29.6 Å². The molecular formula is C20H22N2O6. The van der Waals surface area contributed by atoms with Crippen molar-refractivity contribution in [1.29, 1.82) is 0 Å². The molecule has 0 radical (unpaired) electrons. The summed E-state index contributed by atoms with van der Waals surface area (Å²) >= 11 is 0. The van der Waals surface area contributed by atoms with Crippen LogP contribution in [0.5, 0.6) is 23.0 Å². The molecule has 1 heterocycles. The summed E-state index contributed by atoms with van der Waals surface area (Å²) in [5.41, 5.74) is 0.367. The highest BCUT2D eigenvalue weighted by Gasteiger charge is 2.21. The summed E-state index contributed by atoms with van der Waals surface area (Å²) < 4.78 is 21.7. The molecule has 1 unspecified atom stereocenters. The lowest BCUT2D eigenvalue weighted by molar-refractivity contribution is -0.120. The molecule has 0 saturated carbocycles. The van der Waals surface area contributed by atoms with Crippen molar-refractivity contribution in [3.05, 3.63) is 48.0 Å². The van der Waals surface area contributed by atoms with E-state index in [1.165, 1.54) is 14.2 Å². The molecule has 0 fully saturated rings. The number of ether oxygens (including phenoxy) is 4. The molecule has 0 bridgehead atoms. The van der Waals surface area contributed by atoms with Crippen LogP contribution in [0.1, 0.15) is 10.4 Å². The number of rotatable bonds is 7. The fraction of sp³-hybridized carbons (Fsp3) is 0.300. The Morgan fingerprint density at radius 2 is 1.79 bits per heavy atom. The molecule has 2 amide bonds. The SMILES string of the molecule is COc1ccc(C(=O)NCC(=O)NCC2COc3ccccc3O2)cc1OC. The topological polar surface area (TPSA) is 95.1 Å². The molecule has 148 valence electrons. The molecule has 0 spiro atoms. The van der Waals surface area contributed by atoms with Gasteiger partial charge in [0.1, 0.15) is 12.7 Å². The largest absolute Gasteiger partial charge is 0.493 e. The molecule has 8 nitrogen and oxygen atoms in total. The average molecular weight is 386 g/mol. The lowest BCUT2D eigenvalue weighted by Gasteiger charge is -2.26. The van der Waals surface area contributed by atoms with Gasteiger partial charge in [-0.05, 0) is 30.3 Å². The summed E-state index contributed by atoms with van der Waals surface area (Å²) in [7, 11) is 3.00. The molecule has 2 aromatic carbocycles. The molecular weight excluding hydrogens is 364 g/mol. The maximum atomic E-state index is 12.2. The van der Waals surface area contributed by atoms with E-state index >= 15 is 0 Å². The van der Waals surface area contributed by atoms with Crippen molar-refractivity contribution < 1.29 is 28.5 Å². The van der Waals surface area contributed by atoms with Crippen LogP contribution in [-0.4, -0.2) is 51.8 Å². The fourth-order valence-electron chi connectivity index (χ4n) is 2.69. The maximum absolute atomic E-state index is 12.2. The van der Waals surface area contributed by atoms with E-state index in [0.29, 0.717) is 35.2 Å². The van der Waals surface area contributed by atoms with Crippen LogP contribution < -0.4 is 29.6 Å². The molecule has 1 atom stereocenters. The zero-order valence-corrected chi connectivity index (χ0v) is 15.7. The van der Waals surface area contributed by atoms with E-state index < -0.39 is 0 Å². The van der Waals surface area contributed by atoms with Crippen molar-refractivity contribution in [2.75, 3.05) is 33.9 Å². The number of para-hydroxylation sites is 2. The highest BCUT2D eigenvalue weighted by molar-refractivity contribution is 5.97. The Hall–Kier alpha value is -3.42. The van der Waals surface area contributed by atoms with Crippen molar-refractivity contribution in [2.45, 2.75) is 6.10 Å². The van der Waals surface area contributed by atoms with E-state index in [2.05, 4.69) is 10.6 Å². The number of nitrogens with one attached hydrogen (secondary N) is 2. The predicted molar refractivity (Wildman–Crippen MR) is 101 cm³/mol. The highest BCUT2D eigenvalue weighted by atomic mass is 16.6. The number of carbonyl (C=O) groups excluding carboxylic acids is 2. The Kier molecular flexibility index (Phi) is 6.21. The van der Waals surface area contributed by atoms with Gasteiger partial charge in [-0.15, -0.1) is 0 Å². The van der Waals surface area contributed by atoms with Crippen molar-refractivity contribution in [3.63, 3.8) is 0 Å². The number of fused-ring (bicyclic) bond motifs is 1. The Balaban J connectivity index is 1.45. The molecule has 0 aliphatic carbocycles. The summed E-state index contributed by atoms with van der Waals surface area (Å²) in [5.74, 6) is 1.59. The zero-order valence-electron chi connectivity index (χ0n) is 15.7. The monoisotopic (exact) mass is 386 g/mol. The van der Waals surface area contributed by atoms with Crippen LogP contribution in [0.15, 0.2) is 42.5 Å². The molecule has 2 aromatic rings. The van der Waals surface area contributed by atoms with E-state index in [9.17, 15) is 9.59 Å². The van der Waals surface area contributed by atoms with Gasteiger partial charge in [-0.25, -0.2) is 0 Å². The smallest absolute Gasteiger partial charge is 0.251 e. The first-order valence-electron chi connectivity index (χ1n) is 8.76. The molecule has 8 heteroatoms. The standard InChI is InChI=1S/C20H22N2O6/c1-25-15-8-7-13(9-18(15)26-2)20(24)22-11-19(23)21-10-14-12-27-16-5-3-4-6-17(16)28-14/h3-9,14H,10-12H2,1-2H3,(H,21,23)(H,22,24). The van der Waals surface area contributed by atoms with Gasteiger partial charge in [0, 0.05) is 5.56 Å². The normalized spacial score (nSPS) is 14.7. The second kappa shape index (κ2) is 8.98. The third-order valence-electron chi connectivity index (χ3n) is 4.15. The summed E-state index contributed by atoms with van der Waals surface area (Å²) in [6.07, 6.45) is -0.291. The van der Waals surface area contributed by atoms with Gasteiger partial charge in [-0.1, -0.05) is 12.1 Å². The summed E-state index contributed by atoms with van der Waals surface area (Å²) in [6.45, 7) is 0.464. The molecule has 0 saturated heterocycles. The van der Waals surface area contributed by atoms with E-state index in [1.54, 1.807) is 18.2 Å². The number of carbonyl (C=O) groups is 2. The summed E-state index contributed by atoms with van der Waals surface area (Å²) in [4.78, 5) is 24.3. The third kappa shape index (κ3) is 4.64. The van der Waals surface area contributed by atoms with Crippen LogP contribution >= 0.6 is 0 Å². The average Bonchev–Trinajstić information content (AvgIpc) is 2.75. The highest BCUT2D eigenvalue weighted by Crippen LogP contribution is 2.30. The summed E-state index contributed by atoms with van der Waals surface area (Å²) in [6, 6.07) is 12.1. The van der Waals surface area contributed by atoms with Crippen LogP contribution in [0.2, 0.25) is 0 Å². The first-order chi connectivity index (χ1) is 13.6. The molecule has 1 aliphatic heterocycles. The second-order valence-electron chi connectivity index (χ2n) is 6.05. The quantitative estimate of drug-likeness (QED) is 0.747. The van der Waals surface area contributed by atoms with Crippen LogP contribution in [0.25, 0.3) is 0 Å². The maximum Gasteiger partial charge on any atom is 0.251 e. The third-order valence-corrected chi connectivity index (χ3v) is 4.15. The van der Waals surface area contributed by atoms with E-state index in [4.69, 9.17) is 18.9 Å². The molecule has 0 aromatic heterocycles. The Morgan fingerprint density at radius 3 is 2.54 bits per heavy atom. The van der Waals surface area contributed by atoms with Crippen molar-refractivity contribution in [1.82, 2.24) is 10.6 Å². The van der Waals surface area contributed by atoms with Gasteiger partial charge in [-0.2, -0.15) is 0 Å². The van der Waals surface area contributed by atoms with Gasteiger partial charge >= 0.3 is 0 Å². The number of hydrogen-bond donors (Lipinski definition) is 2. The molecule has 1 aliphatic rings. The first-order valence-corrected chi connectivity index (χ1v) is 8.76. The number of benzene rings is 2. The Labute approximate surface area is 162 Å². The lowest BCUT2D eigenvalue weighted by atomic mass is 10.2. The van der Waals surface area contributed by atoms with Crippen LogP contribution in [-0.2, 0) is 4.79 Å². The van der Waals surface area contributed by atoms with Gasteiger partial charge in [0.15, 0.2) is 23.0 Å². The zero-order chi connectivity index (χ0) is 19.9. The van der Waals surface area contributed by atoms with Crippen molar-refractivity contribution in [3.8, 4) is 23.0 Å². The minimum Gasteiger partial charge on any atom is -0.493 e. The second-order valence-corrected chi connectivity index (χ2v) is 6.05. The summed E-state index contributed by atoms with van der Waals surface area (Å²) in [5, 5.41) is 5.30. The van der Waals surface area contributed by atoms with E-state index in [0.717, 1.165) is 0 Å². The van der Waals surface area contributed by atoms with Crippen LogP contribution in [0.4, 0.5) is 0 Å². The predicted octanol–water partition coefficient (Wildman–Crippen LogP) is 1.39. The number of amides is 2. The minimum absolute atomic E-state index is 0.155. The fourth-order valence-corrected chi connectivity index (χ4v) is 2.69. The van der Waals surface area contributed by atoms with Gasteiger partial charge in [-0.3, -0.25) is 9.59 Å². The van der Waals surface area contributed by atoms with Crippen molar-refractivity contribution in [2.24, 2.45) is 0 Å². The Morgan fingerprint density at radius 1 is 1.04 bits per heavy atom. The Bertz CT molecular complexity index is 854. The first kappa shape index (κ1) is 19.3. The number of hydrogen-bond acceptors (Lipinski definition) is 6. The van der Waals surface area contributed by atoms with Gasteiger partial charge in [0.05, 0.1) is 27.3 Å².